The third-order valence-corrected chi connectivity index (χ3v) is 12.8. The molecule has 3 spiro atoms. The molecule has 0 radical (unpaired) electrons. The Labute approximate surface area is 207 Å². The highest BCUT2D eigenvalue weighted by Gasteiger charge is 2.94. The number of epoxide rings is 1. The smallest absolute Gasteiger partial charge is 0.302 e. The van der Waals surface area contributed by atoms with Crippen LogP contribution in [-0.2, 0) is 19.0 Å². The summed E-state index contributed by atoms with van der Waals surface area (Å²) in [5, 5.41) is 0. The molecular formula is C30H48O4. The molecule has 3 aliphatic carbocycles. The van der Waals surface area contributed by atoms with E-state index in [4.69, 9.17) is 14.2 Å². The Morgan fingerprint density at radius 2 is 1.76 bits per heavy atom. The molecule has 0 aromatic heterocycles. The fourth-order valence-electron chi connectivity index (χ4n) is 10.8. The molecule has 6 fully saturated rings. The summed E-state index contributed by atoms with van der Waals surface area (Å²) in [7, 11) is 0. The van der Waals surface area contributed by atoms with Crippen LogP contribution in [0, 0.1) is 40.4 Å². The van der Waals surface area contributed by atoms with Crippen molar-refractivity contribution < 1.29 is 19.0 Å². The van der Waals surface area contributed by atoms with E-state index in [1.54, 1.807) is 6.92 Å². The summed E-state index contributed by atoms with van der Waals surface area (Å²) in [5.41, 5.74) is -0.0208. The Balaban J connectivity index is 1.28. The van der Waals surface area contributed by atoms with Gasteiger partial charge in [0.2, 0.25) is 0 Å². The SMILES string of the molecule is CC(=O)O[C@H]1CC[C@@]2(C)[C@]3(CC[C@]4(O3)[C@H]3CC[C@H]([C@H](C)CC[C@H](C)C(C)C)[C@]3(C)C[C@@H]3O[C@]324)C1. The van der Waals surface area contributed by atoms with Crippen molar-refractivity contribution in [2.75, 3.05) is 0 Å². The first kappa shape index (κ1) is 23.8. The fraction of sp³-hybridized carbons (Fsp3) is 0.967. The summed E-state index contributed by atoms with van der Waals surface area (Å²) < 4.78 is 20.1. The van der Waals surface area contributed by atoms with E-state index >= 15 is 0 Å². The second-order valence-corrected chi connectivity index (χ2v) is 14.4. The Hall–Kier alpha value is -0.610. The Morgan fingerprint density at radius 1 is 1.00 bits per heavy atom. The Bertz CT molecular complexity index is 870. The van der Waals surface area contributed by atoms with Crippen LogP contribution in [-0.4, -0.2) is 35.0 Å². The molecule has 4 nitrogen and oxygen atoms in total. The molecule has 3 aliphatic heterocycles. The number of hydrogen-bond acceptors (Lipinski definition) is 4. The van der Waals surface area contributed by atoms with Gasteiger partial charge in [-0.1, -0.05) is 54.4 Å². The highest BCUT2D eigenvalue weighted by molar-refractivity contribution is 5.66. The van der Waals surface area contributed by atoms with E-state index in [1.165, 1.54) is 32.1 Å². The van der Waals surface area contributed by atoms with Gasteiger partial charge in [0, 0.05) is 18.8 Å². The molecule has 192 valence electrons. The molecule has 4 heteroatoms. The van der Waals surface area contributed by atoms with E-state index in [-0.39, 0.29) is 34.3 Å². The highest BCUT2D eigenvalue weighted by Crippen LogP contribution is 2.85. The normalized spacial score (nSPS) is 54.1. The molecule has 0 aromatic rings. The van der Waals surface area contributed by atoms with Crippen molar-refractivity contribution >= 4 is 5.97 Å². The second-order valence-electron chi connectivity index (χ2n) is 14.4. The van der Waals surface area contributed by atoms with Crippen molar-refractivity contribution in [1.82, 2.24) is 0 Å². The molecule has 3 saturated heterocycles. The van der Waals surface area contributed by atoms with Crippen molar-refractivity contribution in [3.8, 4) is 0 Å². The summed E-state index contributed by atoms with van der Waals surface area (Å²) in [6.07, 6.45) is 12.0. The van der Waals surface area contributed by atoms with Crippen molar-refractivity contribution in [1.29, 1.82) is 0 Å². The maximum Gasteiger partial charge on any atom is 0.302 e. The van der Waals surface area contributed by atoms with Crippen LogP contribution in [0.1, 0.15) is 113 Å². The number of ether oxygens (including phenoxy) is 3. The van der Waals surface area contributed by atoms with Crippen molar-refractivity contribution in [2.45, 2.75) is 142 Å². The van der Waals surface area contributed by atoms with Gasteiger partial charge in [-0.25, -0.2) is 0 Å². The van der Waals surface area contributed by atoms with Crippen LogP contribution in [0.2, 0.25) is 0 Å². The van der Waals surface area contributed by atoms with E-state index in [2.05, 4.69) is 41.5 Å². The molecule has 0 amide bonds. The first-order valence-electron chi connectivity index (χ1n) is 14.5. The molecule has 0 N–H and O–H groups in total. The van der Waals surface area contributed by atoms with E-state index < -0.39 is 0 Å². The zero-order valence-electron chi connectivity index (χ0n) is 22.7. The van der Waals surface area contributed by atoms with Gasteiger partial charge in [0.15, 0.2) is 0 Å². The number of fused-ring (bicyclic) bond motifs is 1. The van der Waals surface area contributed by atoms with Gasteiger partial charge in [-0.15, -0.1) is 0 Å². The van der Waals surface area contributed by atoms with E-state index in [0.717, 1.165) is 55.8 Å². The maximum absolute atomic E-state index is 11.7. The van der Waals surface area contributed by atoms with Gasteiger partial charge in [0.05, 0.1) is 11.7 Å². The van der Waals surface area contributed by atoms with E-state index in [1.807, 2.05) is 0 Å². The average molecular weight is 473 g/mol. The summed E-state index contributed by atoms with van der Waals surface area (Å²) in [6, 6.07) is 0. The summed E-state index contributed by atoms with van der Waals surface area (Å²) in [6.45, 7) is 16.3. The molecule has 2 bridgehead atoms. The van der Waals surface area contributed by atoms with Crippen molar-refractivity contribution in [3.63, 3.8) is 0 Å². The Kier molecular flexibility index (Phi) is 5.06. The molecule has 6 rings (SSSR count). The lowest BCUT2D eigenvalue weighted by Crippen LogP contribution is -2.65. The molecule has 0 aromatic carbocycles. The number of esters is 1. The second kappa shape index (κ2) is 7.24. The monoisotopic (exact) mass is 472 g/mol. The van der Waals surface area contributed by atoms with Crippen LogP contribution < -0.4 is 0 Å². The van der Waals surface area contributed by atoms with Crippen molar-refractivity contribution in [2.24, 2.45) is 40.4 Å². The standard InChI is InChI=1S/C30H48O4/c1-18(2)19(3)8-9-20(4)23-10-11-24-26(23,6)17-25-30(33-25)27(7)13-12-22(32-21(5)31)16-28(27)14-15-29(24,30)34-28/h18-20,22-25H,8-17H2,1-7H3/t19-,20+,22-,23+,24-,25-,26-,27-,28-,29-,30+/m0/s1. The molecule has 3 heterocycles. The number of hydrogen-bond donors (Lipinski definition) is 0. The average Bonchev–Trinajstić information content (AvgIpc) is 3.12. The van der Waals surface area contributed by atoms with Crippen LogP contribution in [0.5, 0.6) is 0 Å². The molecule has 11 atom stereocenters. The van der Waals surface area contributed by atoms with Gasteiger partial charge in [0.25, 0.3) is 0 Å². The number of carbonyl (C=O) groups is 1. The summed E-state index contributed by atoms with van der Waals surface area (Å²) >= 11 is 0. The Morgan fingerprint density at radius 3 is 2.47 bits per heavy atom. The van der Waals surface area contributed by atoms with Gasteiger partial charge in [-0.2, -0.15) is 0 Å². The quantitative estimate of drug-likeness (QED) is 0.319. The van der Waals surface area contributed by atoms with Gasteiger partial charge >= 0.3 is 5.97 Å². The third kappa shape index (κ3) is 2.66. The summed E-state index contributed by atoms with van der Waals surface area (Å²) in [4.78, 5) is 11.7. The zero-order chi connectivity index (χ0) is 24.3. The van der Waals surface area contributed by atoms with Gasteiger partial charge < -0.3 is 14.2 Å². The first-order chi connectivity index (χ1) is 15.9. The molecule has 6 aliphatic rings. The predicted octanol–water partition coefficient (Wildman–Crippen LogP) is 6.69. The molecule has 0 unspecified atom stereocenters. The van der Waals surface area contributed by atoms with Crippen molar-refractivity contribution in [3.05, 3.63) is 0 Å². The van der Waals surface area contributed by atoms with Crippen LogP contribution in [0.15, 0.2) is 0 Å². The van der Waals surface area contributed by atoms with E-state index in [0.29, 0.717) is 17.4 Å². The fourth-order valence-corrected chi connectivity index (χ4v) is 10.8. The van der Waals surface area contributed by atoms with Crippen LogP contribution in [0.3, 0.4) is 0 Å². The van der Waals surface area contributed by atoms with Gasteiger partial charge in [-0.05, 0) is 80.0 Å². The number of rotatable bonds is 6. The minimum absolute atomic E-state index is 0.000146. The molecule has 3 saturated carbocycles. The maximum atomic E-state index is 11.7. The third-order valence-electron chi connectivity index (χ3n) is 12.8. The largest absolute Gasteiger partial charge is 0.462 e. The van der Waals surface area contributed by atoms with Crippen LogP contribution in [0.4, 0.5) is 0 Å². The van der Waals surface area contributed by atoms with Gasteiger partial charge in [-0.3, -0.25) is 4.79 Å². The lowest BCUT2D eigenvalue weighted by Gasteiger charge is -2.56. The topological polar surface area (TPSA) is 48.1 Å². The minimum Gasteiger partial charge on any atom is -0.462 e. The lowest BCUT2D eigenvalue weighted by atomic mass is 9.44. The van der Waals surface area contributed by atoms with Crippen LogP contribution >= 0.6 is 0 Å². The van der Waals surface area contributed by atoms with Gasteiger partial charge in [0.1, 0.15) is 17.3 Å². The number of carbonyl (C=O) groups excluding carboxylic acids is 1. The minimum atomic E-state index is -0.179. The molecule has 34 heavy (non-hydrogen) atoms. The van der Waals surface area contributed by atoms with Crippen LogP contribution in [0.25, 0.3) is 0 Å². The first-order valence-corrected chi connectivity index (χ1v) is 14.5. The summed E-state index contributed by atoms with van der Waals surface area (Å²) in [5.74, 6) is 3.56. The lowest BCUT2D eigenvalue weighted by molar-refractivity contribution is -0.168. The molecular weight excluding hydrogens is 424 g/mol. The van der Waals surface area contributed by atoms with E-state index in [9.17, 15) is 4.79 Å². The predicted molar refractivity (Wildman–Crippen MR) is 132 cm³/mol. The highest BCUT2D eigenvalue weighted by atomic mass is 16.7. The zero-order valence-corrected chi connectivity index (χ0v) is 22.7.